The van der Waals surface area contributed by atoms with Crippen LogP contribution in [-0.2, 0) is 0 Å². The Bertz CT molecular complexity index is 228. The summed E-state index contributed by atoms with van der Waals surface area (Å²) < 4.78 is 0. The fraction of sp³-hybridized carbons (Fsp3) is 1.00. The Morgan fingerprint density at radius 2 is 1.64 bits per heavy atom. The molecule has 0 heterocycles. The number of hydrogen-bond donors (Lipinski definition) is 2. The molecule has 2 N–H and O–H groups in total. The van der Waals surface area contributed by atoms with E-state index in [4.69, 9.17) is 0 Å². The number of aliphatic hydroxyl groups is 2. The number of aliphatic hydroxyl groups excluding tert-OH is 2. The lowest BCUT2D eigenvalue weighted by atomic mass is 9.73. The first kappa shape index (κ1) is 9.17. The minimum atomic E-state index is 0.378. The summed E-state index contributed by atoms with van der Waals surface area (Å²) in [6, 6.07) is 0. The van der Waals surface area contributed by atoms with E-state index >= 15 is 0 Å². The van der Waals surface area contributed by atoms with Crippen molar-refractivity contribution in [3.63, 3.8) is 0 Å². The molecule has 2 bridgehead atoms. The SMILES string of the molecule is OCC1CC2CC1[C@H]1C(CO)CC[C@@H]21. The Labute approximate surface area is 85.3 Å². The summed E-state index contributed by atoms with van der Waals surface area (Å²) in [7, 11) is 0. The van der Waals surface area contributed by atoms with E-state index in [2.05, 4.69) is 0 Å². The van der Waals surface area contributed by atoms with Crippen LogP contribution in [0.1, 0.15) is 25.7 Å². The predicted octanol–water partition coefficient (Wildman–Crippen LogP) is 1.27. The zero-order valence-electron chi connectivity index (χ0n) is 8.60. The third-order valence-corrected chi connectivity index (χ3v) is 5.26. The summed E-state index contributed by atoms with van der Waals surface area (Å²) in [4.78, 5) is 0. The van der Waals surface area contributed by atoms with E-state index < -0.39 is 0 Å². The average molecular weight is 196 g/mol. The highest BCUT2D eigenvalue weighted by atomic mass is 16.3. The van der Waals surface area contributed by atoms with Gasteiger partial charge in [0.15, 0.2) is 0 Å². The minimum Gasteiger partial charge on any atom is -0.396 e. The third-order valence-electron chi connectivity index (χ3n) is 5.26. The highest BCUT2D eigenvalue weighted by Crippen LogP contribution is 2.62. The molecule has 0 spiro atoms. The molecule has 0 aromatic carbocycles. The van der Waals surface area contributed by atoms with E-state index in [-0.39, 0.29) is 0 Å². The van der Waals surface area contributed by atoms with Crippen LogP contribution in [0.2, 0.25) is 0 Å². The second-order valence-corrected chi connectivity index (χ2v) is 5.60. The normalized spacial score (nSPS) is 55.3. The molecular formula is C12H20O2. The molecule has 2 heteroatoms. The molecule has 0 aromatic heterocycles. The fourth-order valence-corrected chi connectivity index (χ4v) is 4.80. The van der Waals surface area contributed by atoms with Crippen LogP contribution in [0.25, 0.3) is 0 Å². The van der Waals surface area contributed by atoms with Crippen LogP contribution in [0.3, 0.4) is 0 Å². The van der Waals surface area contributed by atoms with E-state index in [1.54, 1.807) is 0 Å². The van der Waals surface area contributed by atoms with Gasteiger partial charge in [0.05, 0.1) is 0 Å². The molecule has 3 aliphatic carbocycles. The van der Waals surface area contributed by atoms with E-state index in [1.165, 1.54) is 25.7 Å². The van der Waals surface area contributed by atoms with Crippen molar-refractivity contribution in [2.45, 2.75) is 25.7 Å². The second kappa shape index (κ2) is 3.21. The molecule has 0 saturated heterocycles. The van der Waals surface area contributed by atoms with E-state index in [0.717, 1.165) is 23.7 Å². The van der Waals surface area contributed by atoms with Crippen molar-refractivity contribution >= 4 is 0 Å². The Kier molecular flexibility index (Phi) is 2.10. The second-order valence-electron chi connectivity index (χ2n) is 5.60. The van der Waals surface area contributed by atoms with Gasteiger partial charge in [0, 0.05) is 13.2 Å². The maximum absolute atomic E-state index is 9.34. The first-order chi connectivity index (χ1) is 6.85. The van der Waals surface area contributed by atoms with Crippen LogP contribution < -0.4 is 0 Å². The molecule has 2 nitrogen and oxygen atoms in total. The molecule has 0 amide bonds. The molecule has 3 fully saturated rings. The maximum Gasteiger partial charge on any atom is 0.0462 e. The molecule has 3 aliphatic rings. The molecule has 14 heavy (non-hydrogen) atoms. The van der Waals surface area contributed by atoms with E-state index in [0.29, 0.717) is 25.0 Å². The first-order valence-corrected chi connectivity index (χ1v) is 6.07. The average Bonchev–Trinajstić information content (AvgIpc) is 2.87. The quantitative estimate of drug-likeness (QED) is 0.698. The summed E-state index contributed by atoms with van der Waals surface area (Å²) in [6.45, 7) is 0.755. The third kappa shape index (κ3) is 1.04. The van der Waals surface area contributed by atoms with Gasteiger partial charge in [-0.25, -0.2) is 0 Å². The van der Waals surface area contributed by atoms with Crippen molar-refractivity contribution in [1.82, 2.24) is 0 Å². The fourth-order valence-electron chi connectivity index (χ4n) is 4.80. The Hall–Kier alpha value is -0.0800. The van der Waals surface area contributed by atoms with Gasteiger partial charge in [-0.05, 0) is 61.2 Å². The first-order valence-electron chi connectivity index (χ1n) is 6.07. The van der Waals surface area contributed by atoms with E-state index in [9.17, 15) is 10.2 Å². The van der Waals surface area contributed by atoms with Gasteiger partial charge in [0.1, 0.15) is 0 Å². The van der Waals surface area contributed by atoms with Gasteiger partial charge in [-0.1, -0.05) is 0 Å². The summed E-state index contributed by atoms with van der Waals surface area (Å²) in [6.07, 6.45) is 5.18. The lowest BCUT2D eigenvalue weighted by Gasteiger charge is -2.33. The van der Waals surface area contributed by atoms with Crippen molar-refractivity contribution in [3.05, 3.63) is 0 Å². The van der Waals surface area contributed by atoms with Gasteiger partial charge in [0.25, 0.3) is 0 Å². The van der Waals surface area contributed by atoms with Gasteiger partial charge in [-0.3, -0.25) is 0 Å². The molecule has 3 rings (SSSR count). The number of hydrogen-bond acceptors (Lipinski definition) is 2. The van der Waals surface area contributed by atoms with Crippen molar-refractivity contribution in [2.75, 3.05) is 13.2 Å². The van der Waals surface area contributed by atoms with Crippen molar-refractivity contribution in [3.8, 4) is 0 Å². The number of fused-ring (bicyclic) bond motifs is 5. The molecule has 0 aromatic rings. The van der Waals surface area contributed by atoms with Crippen LogP contribution in [0.5, 0.6) is 0 Å². The van der Waals surface area contributed by atoms with E-state index in [1.807, 2.05) is 0 Å². The van der Waals surface area contributed by atoms with Gasteiger partial charge in [-0.2, -0.15) is 0 Å². The molecule has 6 atom stereocenters. The van der Waals surface area contributed by atoms with Crippen LogP contribution in [-0.4, -0.2) is 23.4 Å². The smallest absolute Gasteiger partial charge is 0.0462 e. The van der Waals surface area contributed by atoms with Crippen LogP contribution in [0, 0.1) is 35.5 Å². The molecular weight excluding hydrogens is 176 g/mol. The van der Waals surface area contributed by atoms with Crippen LogP contribution >= 0.6 is 0 Å². The Morgan fingerprint density at radius 1 is 0.857 bits per heavy atom. The van der Waals surface area contributed by atoms with Crippen molar-refractivity contribution in [2.24, 2.45) is 35.5 Å². The molecule has 4 unspecified atom stereocenters. The summed E-state index contributed by atoms with van der Waals surface area (Å²) in [5.74, 6) is 4.42. The summed E-state index contributed by atoms with van der Waals surface area (Å²) in [5, 5.41) is 18.6. The molecule has 0 radical (unpaired) electrons. The van der Waals surface area contributed by atoms with Gasteiger partial charge in [-0.15, -0.1) is 0 Å². The molecule has 80 valence electrons. The highest BCUT2D eigenvalue weighted by molar-refractivity contribution is 5.05. The van der Waals surface area contributed by atoms with Gasteiger partial charge < -0.3 is 10.2 Å². The Balaban J connectivity index is 1.82. The van der Waals surface area contributed by atoms with Crippen molar-refractivity contribution in [1.29, 1.82) is 0 Å². The summed E-state index contributed by atoms with van der Waals surface area (Å²) >= 11 is 0. The lowest BCUT2D eigenvalue weighted by molar-refractivity contribution is 0.0794. The lowest BCUT2D eigenvalue weighted by Crippen LogP contribution is -2.31. The number of rotatable bonds is 2. The zero-order chi connectivity index (χ0) is 9.71. The van der Waals surface area contributed by atoms with Gasteiger partial charge >= 0.3 is 0 Å². The minimum absolute atomic E-state index is 0.378. The zero-order valence-corrected chi connectivity index (χ0v) is 8.60. The maximum atomic E-state index is 9.34. The van der Waals surface area contributed by atoms with Gasteiger partial charge in [0.2, 0.25) is 0 Å². The standard InChI is InChI=1S/C12H20O2/c13-5-7-1-2-10-8-3-9(6-14)11(4-8)12(7)10/h7-14H,1-6H2/t7?,8?,9?,10-,11?,12-/m0/s1. The molecule has 3 saturated carbocycles. The largest absolute Gasteiger partial charge is 0.396 e. The monoisotopic (exact) mass is 196 g/mol. The molecule has 0 aliphatic heterocycles. The van der Waals surface area contributed by atoms with Crippen molar-refractivity contribution < 1.29 is 10.2 Å². The van der Waals surface area contributed by atoms with Crippen LogP contribution in [0.4, 0.5) is 0 Å². The predicted molar refractivity (Wildman–Crippen MR) is 53.6 cm³/mol. The highest BCUT2D eigenvalue weighted by Gasteiger charge is 2.56. The topological polar surface area (TPSA) is 40.5 Å². The summed E-state index contributed by atoms with van der Waals surface area (Å²) in [5.41, 5.74) is 0. The Morgan fingerprint density at radius 3 is 2.36 bits per heavy atom. The van der Waals surface area contributed by atoms with Crippen LogP contribution in [0.15, 0.2) is 0 Å².